The van der Waals surface area contributed by atoms with Crippen molar-refractivity contribution in [1.29, 1.82) is 0 Å². The second-order valence-corrected chi connectivity index (χ2v) is 5.64. The Morgan fingerprint density at radius 3 is 2.35 bits per heavy atom. The van der Waals surface area contributed by atoms with Crippen LogP contribution >= 0.6 is 0 Å². The van der Waals surface area contributed by atoms with E-state index in [1.807, 2.05) is 13.8 Å². The summed E-state index contributed by atoms with van der Waals surface area (Å²) in [5.74, 6) is 6.73. The molecule has 0 bridgehead atoms. The molecule has 1 aromatic rings. The summed E-state index contributed by atoms with van der Waals surface area (Å²) in [6.07, 6.45) is 1.72. The van der Waals surface area contributed by atoms with Gasteiger partial charge in [-0.05, 0) is 33.6 Å². The molecule has 0 aromatic carbocycles. The van der Waals surface area contributed by atoms with E-state index in [0.717, 1.165) is 25.9 Å². The Bertz CT molecular complexity index is 457. The van der Waals surface area contributed by atoms with Gasteiger partial charge < -0.3 is 15.3 Å². The zero-order chi connectivity index (χ0) is 14.8. The lowest BCUT2D eigenvalue weighted by Crippen LogP contribution is -2.42. The summed E-state index contributed by atoms with van der Waals surface area (Å²) >= 11 is 0. The van der Waals surface area contributed by atoms with Crippen LogP contribution in [0.1, 0.15) is 33.6 Å². The summed E-state index contributed by atoms with van der Waals surface area (Å²) in [6, 6.07) is 0. The molecule has 0 spiro atoms. The van der Waals surface area contributed by atoms with Gasteiger partial charge in [0.2, 0.25) is 17.8 Å². The van der Waals surface area contributed by atoms with E-state index in [1.54, 1.807) is 6.92 Å². The first-order valence-electron chi connectivity index (χ1n) is 6.86. The number of nitrogens with two attached hydrogens (primary N) is 1. The molecular weight excluding hydrogens is 258 g/mol. The van der Waals surface area contributed by atoms with E-state index < -0.39 is 11.6 Å². The normalized spacial score (nSPS) is 17.1. The van der Waals surface area contributed by atoms with Crippen molar-refractivity contribution >= 4 is 17.8 Å². The summed E-state index contributed by atoms with van der Waals surface area (Å²) in [5.41, 5.74) is 1.91. The molecule has 1 aliphatic heterocycles. The number of nitrogen functional groups attached to an aromatic ring is 1. The van der Waals surface area contributed by atoms with Crippen LogP contribution in [0.25, 0.3) is 0 Å². The molecule has 2 heterocycles. The average molecular weight is 281 g/mol. The van der Waals surface area contributed by atoms with Crippen molar-refractivity contribution in [2.24, 2.45) is 5.84 Å². The maximum Gasteiger partial charge on any atom is 0.243 e. The molecule has 0 aliphatic carbocycles. The van der Waals surface area contributed by atoms with E-state index in [1.165, 1.54) is 0 Å². The van der Waals surface area contributed by atoms with Crippen LogP contribution in [0.15, 0.2) is 0 Å². The van der Waals surface area contributed by atoms with E-state index >= 15 is 0 Å². The third-order valence-corrected chi connectivity index (χ3v) is 3.62. The standard InChI is InChI=1S/C12H23N7O/c1-8(20)12(2,3)17-9-14-10(18-13)16-11(15-9)19-6-4-5-7-19/h8,20H,4-7,13H2,1-3H3,(H2,14,15,16,17,18). The van der Waals surface area contributed by atoms with Gasteiger partial charge in [-0.15, -0.1) is 0 Å². The molecule has 1 aliphatic rings. The number of rotatable bonds is 5. The molecule has 0 radical (unpaired) electrons. The second kappa shape index (κ2) is 5.76. The van der Waals surface area contributed by atoms with E-state index in [0.29, 0.717) is 17.8 Å². The van der Waals surface area contributed by atoms with Gasteiger partial charge in [-0.3, -0.25) is 5.43 Å². The molecule has 1 fully saturated rings. The van der Waals surface area contributed by atoms with Crippen molar-refractivity contribution in [1.82, 2.24) is 15.0 Å². The lowest BCUT2D eigenvalue weighted by molar-refractivity contribution is 0.132. The lowest BCUT2D eigenvalue weighted by Gasteiger charge is -2.29. The van der Waals surface area contributed by atoms with Gasteiger partial charge in [-0.2, -0.15) is 15.0 Å². The number of anilines is 3. The van der Waals surface area contributed by atoms with E-state index in [9.17, 15) is 5.11 Å². The van der Waals surface area contributed by atoms with E-state index in [-0.39, 0.29) is 0 Å². The van der Waals surface area contributed by atoms with E-state index in [2.05, 4.69) is 30.6 Å². The predicted octanol–water partition coefficient (Wildman–Crippen LogP) is 0.329. The maximum absolute atomic E-state index is 9.76. The summed E-state index contributed by atoms with van der Waals surface area (Å²) in [5, 5.41) is 12.9. The molecule has 0 amide bonds. The minimum atomic E-state index is -0.552. The Morgan fingerprint density at radius 1 is 1.20 bits per heavy atom. The number of nitrogens with zero attached hydrogens (tertiary/aromatic N) is 4. The molecule has 8 heteroatoms. The van der Waals surface area contributed by atoms with Gasteiger partial charge in [0.15, 0.2) is 0 Å². The van der Waals surface area contributed by atoms with Crippen LogP contribution < -0.4 is 21.5 Å². The fourth-order valence-electron chi connectivity index (χ4n) is 1.94. The van der Waals surface area contributed by atoms with Crippen molar-refractivity contribution in [3.8, 4) is 0 Å². The van der Waals surface area contributed by atoms with Crippen molar-refractivity contribution in [3.05, 3.63) is 0 Å². The van der Waals surface area contributed by atoms with Crippen molar-refractivity contribution < 1.29 is 5.11 Å². The number of nitrogens with one attached hydrogen (secondary N) is 2. The van der Waals surface area contributed by atoms with Crippen molar-refractivity contribution in [3.63, 3.8) is 0 Å². The Morgan fingerprint density at radius 2 is 1.80 bits per heavy atom. The van der Waals surface area contributed by atoms with Crippen molar-refractivity contribution in [2.75, 3.05) is 28.7 Å². The smallest absolute Gasteiger partial charge is 0.243 e. The number of aliphatic hydroxyl groups is 1. The molecule has 1 aromatic heterocycles. The number of hydrazine groups is 1. The highest BCUT2D eigenvalue weighted by molar-refractivity contribution is 5.45. The Hall–Kier alpha value is -1.67. The summed E-state index contributed by atoms with van der Waals surface area (Å²) in [6.45, 7) is 7.36. The largest absolute Gasteiger partial charge is 0.391 e. The third-order valence-electron chi connectivity index (χ3n) is 3.62. The van der Waals surface area contributed by atoms with Gasteiger partial charge in [0, 0.05) is 13.1 Å². The van der Waals surface area contributed by atoms with Crippen LogP contribution in [-0.4, -0.2) is 44.8 Å². The van der Waals surface area contributed by atoms with Crippen LogP contribution in [0.3, 0.4) is 0 Å². The van der Waals surface area contributed by atoms with Gasteiger partial charge in [0.05, 0.1) is 11.6 Å². The molecule has 1 saturated heterocycles. The molecule has 5 N–H and O–H groups in total. The Balaban J connectivity index is 2.26. The van der Waals surface area contributed by atoms with Gasteiger partial charge >= 0.3 is 0 Å². The average Bonchev–Trinajstić information content (AvgIpc) is 2.91. The molecule has 0 saturated carbocycles. The molecular formula is C12H23N7O. The van der Waals surface area contributed by atoms with Crippen LogP contribution in [0.4, 0.5) is 17.8 Å². The minimum Gasteiger partial charge on any atom is -0.391 e. The summed E-state index contributed by atoms with van der Waals surface area (Å²) < 4.78 is 0. The zero-order valence-corrected chi connectivity index (χ0v) is 12.2. The number of aromatic nitrogens is 3. The van der Waals surface area contributed by atoms with Crippen LogP contribution in [0, 0.1) is 0 Å². The summed E-state index contributed by atoms with van der Waals surface area (Å²) in [4.78, 5) is 15.0. The first-order valence-corrected chi connectivity index (χ1v) is 6.86. The molecule has 8 nitrogen and oxygen atoms in total. The topological polar surface area (TPSA) is 112 Å². The quantitative estimate of drug-likeness (QED) is 0.451. The Labute approximate surface area is 118 Å². The van der Waals surface area contributed by atoms with Gasteiger partial charge in [0.25, 0.3) is 0 Å². The van der Waals surface area contributed by atoms with Gasteiger partial charge in [-0.1, -0.05) is 0 Å². The molecule has 112 valence electrons. The SMILES string of the molecule is CC(O)C(C)(C)Nc1nc(NN)nc(N2CCCC2)n1. The third kappa shape index (κ3) is 3.26. The van der Waals surface area contributed by atoms with Crippen molar-refractivity contribution in [2.45, 2.75) is 45.3 Å². The highest BCUT2D eigenvalue weighted by Crippen LogP contribution is 2.21. The van der Waals surface area contributed by atoms with Gasteiger partial charge in [0.1, 0.15) is 0 Å². The van der Waals surface area contributed by atoms with E-state index in [4.69, 9.17) is 5.84 Å². The Kier molecular flexibility index (Phi) is 4.24. The molecule has 20 heavy (non-hydrogen) atoms. The first kappa shape index (κ1) is 14.7. The number of hydrogen-bond donors (Lipinski definition) is 4. The monoisotopic (exact) mass is 281 g/mol. The predicted molar refractivity (Wildman–Crippen MR) is 78.5 cm³/mol. The minimum absolute atomic E-state index is 0.311. The highest BCUT2D eigenvalue weighted by Gasteiger charge is 2.26. The molecule has 2 rings (SSSR count). The summed E-state index contributed by atoms with van der Waals surface area (Å²) in [7, 11) is 0. The fourth-order valence-corrected chi connectivity index (χ4v) is 1.94. The number of hydrogen-bond acceptors (Lipinski definition) is 8. The molecule has 1 atom stereocenters. The maximum atomic E-state index is 9.76. The van der Waals surface area contributed by atoms with Gasteiger partial charge in [-0.25, -0.2) is 5.84 Å². The van der Waals surface area contributed by atoms with Crippen LogP contribution in [-0.2, 0) is 0 Å². The first-order chi connectivity index (χ1) is 9.42. The number of aliphatic hydroxyl groups excluding tert-OH is 1. The fraction of sp³-hybridized carbons (Fsp3) is 0.750. The zero-order valence-electron chi connectivity index (χ0n) is 12.2. The highest BCUT2D eigenvalue weighted by atomic mass is 16.3. The van der Waals surface area contributed by atoms with Crippen LogP contribution in [0.5, 0.6) is 0 Å². The second-order valence-electron chi connectivity index (χ2n) is 5.64. The lowest BCUT2D eigenvalue weighted by atomic mass is 9.99. The van der Waals surface area contributed by atoms with Crippen LogP contribution in [0.2, 0.25) is 0 Å². The molecule has 1 unspecified atom stereocenters.